The van der Waals surface area contributed by atoms with Crippen molar-refractivity contribution in [1.82, 2.24) is 19.9 Å². The third-order valence-corrected chi connectivity index (χ3v) is 3.19. The maximum Gasteiger partial charge on any atom is 0.278 e. The Morgan fingerprint density at radius 3 is 2.89 bits per heavy atom. The summed E-state index contributed by atoms with van der Waals surface area (Å²) in [7, 11) is 0. The van der Waals surface area contributed by atoms with E-state index < -0.39 is 6.10 Å². The number of hydrogen-bond acceptors (Lipinski definition) is 7. The predicted octanol–water partition coefficient (Wildman–Crippen LogP) is -1.62. The highest BCUT2D eigenvalue weighted by molar-refractivity contribution is 5.70. The van der Waals surface area contributed by atoms with Crippen LogP contribution in [-0.2, 0) is 4.74 Å². The number of H-pyrrole nitrogens is 2. The van der Waals surface area contributed by atoms with E-state index in [1.807, 2.05) is 0 Å². The van der Waals surface area contributed by atoms with Crippen molar-refractivity contribution in [2.45, 2.75) is 24.7 Å². The van der Waals surface area contributed by atoms with Crippen molar-refractivity contribution in [2.24, 2.45) is 5.73 Å². The highest BCUT2D eigenvalue weighted by atomic mass is 16.5. The van der Waals surface area contributed by atoms with E-state index in [4.69, 9.17) is 21.3 Å². The summed E-state index contributed by atoms with van der Waals surface area (Å²) < 4.78 is 5.57. The van der Waals surface area contributed by atoms with Crippen molar-refractivity contribution in [3.05, 3.63) is 16.2 Å². The maximum absolute atomic E-state index is 11.7. The minimum Gasteiger partial charge on any atom is -0.394 e. The molecule has 1 saturated heterocycles. The zero-order chi connectivity index (χ0) is 13.6. The molecule has 7 N–H and O–H groups in total. The van der Waals surface area contributed by atoms with Gasteiger partial charge in [0.25, 0.3) is 5.56 Å². The third-order valence-electron chi connectivity index (χ3n) is 3.19. The van der Waals surface area contributed by atoms with Crippen LogP contribution in [0.25, 0.3) is 11.2 Å². The number of aromatic amines is 2. The Hall–Kier alpha value is -1.97. The zero-order valence-corrected chi connectivity index (χ0v) is 9.96. The van der Waals surface area contributed by atoms with Crippen molar-refractivity contribution < 1.29 is 9.84 Å². The summed E-state index contributed by atoms with van der Waals surface area (Å²) >= 11 is 0. The Morgan fingerprint density at radius 2 is 2.21 bits per heavy atom. The van der Waals surface area contributed by atoms with E-state index in [9.17, 15) is 4.79 Å². The molecule has 102 valence electrons. The average molecular weight is 266 g/mol. The fraction of sp³-hybridized carbons (Fsp3) is 0.500. The minimum absolute atomic E-state index is 0.00725. The van der Waals surface area contributed by atoms with Gasteiger partial charge in [-0.25, -0.2) is 4.98 Å². The molecule has 0 saturated carbocycles. The van der Waals surface area contributed by atoms with Gasteiger partial charge in [-0.05, 0) is 6.42 Å². The topological polar surface area (TPSA) is 156 Å². The van der Waals surface area contributed by atoms with E-state index in [0.29, 0.717) is 12.2 Å². The number of rotatable bonds is 2. The minimum atomic E-state index is -0.422. The van der Waals surface area contributed by atoms with Gasteiger partial charge in [0.2, 0.25) is 5.95 Å². The first-order valence-electron chi connectivity index (χ1n) is 5.85. The zero-order valence-electron chi connectivity index (χ0n) is 9.96. The quantitative estimate of drug-likeness (QED) is 0.437. The monoisotopic (exact) mass is 266 g/mol. The SMILES string of the molecule is Nc1nc2nc(C3C[C@H](N)[C@@H](CO)O3)[nH]c2c(=O)[nH]1. The summed E-state index contributed by atoms with van der Waals surface area (Å²) in [4.78, 5) is 25.0. The molecule has 2 aromatic rings. The van der Waals surface area contributed by atoms with E-state index >= 15 is 0 Å². The van der Waals surface area contributed by atoms with Crippen LogP contribution in [0.1, 0.15) is 18.3 Å². The lowest BCUT2D eigenvalue weighted by molar-refractivity contribution is 0.00411. The van der Waals surface area contributed by atoms with Gasteiger partial charge in [0.05, 0.1) is 12.7 Å². The number of imidazole rings is 1. The van der Waals surface area contributed by atoms with E-state index in [1.165, 1.54) is 0 Å². The van der Waals surface area contributed by atoms with Crippen molar-refractivity contribution >= 4 is 17.1 Å². The molecule has 0 radical (unpaired) electrons. The summed E-state index contributed by atoms with van der Waals surface area (Å²) in [5.41, 5.74) is 11.4. The Morgan fingerprint density at radius 1 is 1.42 bits per heavy atom. The van der Waals surface area contributed by atoms with Crippen LogP contribution < -0.4 is 17.0 Å². The highest BCUT2D eigenvalue weighted by Crippen LogP contribution is 2.30. The van der Waals surface area contributed by atoms with Crippen LogP contribution in [0.5, 0.6) is 0 Å². The second kappa shape index (κ2) is 4.30. The molecule has 0 amide bonds. The molecule has 19 heavy (non-hydrogen) atoms. The van der Waals surface area contributed by atoms with Gasteiger partial charge in [-0.1, -0.05) is 0 Å². The van der Waals surface area contributed by atoms with Crippen molar-refractivity contribution in [3.63, 3.8) is 0 Å². The number of hydrogen-bond donors (Lipinski definition) is 5. The number of nitrogen functional groups attached to an aromatic ring is 1. The van der Waals surface area contributed by atoms with E-state index in [1.54, 1.807) is 0 Å². The summed E-state index contributed by atoms with van der Waals surface area (Å²) in [6.07, 6.45) is -0.296. The largest absolute Gasteiger partial charge is 0.394 e. The Kier molecular flexibility index (Phi) is 2.73. The van der Waals surface area contributed by atoms with Gasteiger partial charge < -0.3 is 26.3 Å². The van der Waals surface area contributed by atoms with Crippen LogP contribution >= 0.6 is 0 Å². The molecular weight excluding hydrogens is 252 g/mol. The van der Waals surface area contributed by atoms with Crippen LogP contribution in [-0.4, -0.2) is 43.8 Å². The predicted molar refractivity (Wildman–Crippen MR) is 66.2 cm³/mol. The molecular formula is C10H14N6O3. The van der Waals surface area contributed by atoms with Crippen LogP contribution in [0.2, 0.25) is 0 Å². The van der Waals surface area contributed by atoms with Crippen LogP contribution in [0, 0.1) is 0 Å². The molecule has 3 heterocycles. The average Bonchev–Trinajstić information content (AvgIpc) is 2.92. The second-order valence-electron chi connectivity index (χ2n) is 4.52. The number of anilines is 1. The first-order chi connectivity index (χ1) is 9.08. The van der Waals surface area contributed by atoms with Gasteiger partial charge in [0.1, 0.15) is 11.9 Å². The number of nitrogens with one attached hydrogen (secondary N) is 2. The molecule has 2 aromatic heterocycles. The molecule has 0 aromatic carbocycles. The molecule has 9 nitrogen and oxygen atoms in total. The molecule has 1 aliphatic heterocycles. The lowest BCUT2D eigenvalue weighted by Crippen LogP contribution is -2.32. The molecule has 3 rings (SSSR count). The lowest BCUT2D eigenvalue weighted by Gasteiger charge is -2.10. The molecule has 0 aliphatic carbocycles. The molecule has 3 atom stereocenters. The van der Waals surface area contributed by atoms with Gasteiger partial charge in [-0.2, -0.15) is 4.98 Å². The number of ether oxygens (including phenoxy) is 1. The first kappa shape index (κ1) is 12.1. The molecule has 9 heteroatoms. The summed E-state index contributed by atoms with van der Waals surface area (Å²) in [6.45, 7) is -0.149. The van der Waals surface area contributed by atoms with Crippen LogP contribution in [0.3, 0.4) is 0 Å². The smallest absolute Gasteiger partial charge is 0.278 e. The summed E-state index contributed by atoms with van der Waals surface area (Å²) in [5.74, 6) is 0.470. The van der Waals surface area contributed by atoms with E-state index in [-0.39, 0.29) is 41.4 Å². The fourth-order valence-electron chi connectivity index (χ4n) is 2.22. The number of fused-ring (bicyclic) bond motifs is 1. The van der Waals surface area contributed by atoms with Crippen molar-refractivity contribution in [1.29, 1.82) is 0 Å². The van der Waals surface area contributed by atoms with E-state index in [0.717, 1.165) is 0 Å². The van der Waals surface area contributed by atoms with Crippen molar-refractivity contribution in [2.75, 3.05) is 12.3 Å². The van der Waals surface area contributed by atoms with Gasteiger partial charge in [0.15, 0.2) is 11.2 Å². The Labute approximate surface area is 107 Å². The van der Waals surface area contributed by atoms with Crippen molar-refractivity contribution in [3.8, 4) is 0 Å². The molecule has 1 unspecified atom stereocenters. The Bertz CT molecular complexity index is 665. The maximum atomic E-state index is 11.7. The normalized spacial score (nSPS) is 27.2. The highest BCUT2D eigenvalue weighted by Gasteiger charge is 2.35. The lowest BCUT2D eigenvalue weighted by atomic mass is 10.1. The second-order valence-corrected chi connectivity index (χ2v) is 4.52. The van der Waals surface area contributed by atoms with Gasteiger partial charge in [-0.3, -0.25) is 9.78 Å². The van der Waals surface area contributed by atoms with Gasteiger partial charge in [0, 0.05) is 6.04 Å². The number of nitrogens with two attached hydrogens (primary N) is 2. The third kappa shape index (κ3) is 1.97. The van der Waals surface area contributed by atoms with Gasteiger partial charge >= 0.3 is 0 Å². The van der Waals surface area contributed by atoms with Crippen LogP contribution in [0.15, 0.2) is 4.79 Å². The number of aliphatic hydroxyl groups excluding tert-OH is 1. The van der Waals surface area contributed by atoms with E-state index in [2.05, 4.69) is 19.9 Å². The molecule has 0 bridgehead atoms. The number of nitrogens with zero attached hydrogens (tertiary/aromatic N) is 2. The first-order valence-corrected chi connectivity index (χ1v) is 5.85. The number of aliphatic hydroxyl groups is 1. The summed E-state index contributed by atoms with van der Waals surface area (Å²) in [6, 6.07) is -0.264. The standard InChI is InChI=1S/C10H14N6O3/c11-3-1-4(19-5(3)2-17)7-13-6-8(14-7)15-10(12)16-9(6)18/h3-5,17H,1-2,11H2,(H4,12,13,14,15,16,18)/t3-,4?,5+/m0/s1. The number of aromatic nitrogens is 4. The molecule has 0 spiro atoms. The van der Waals surface area contributed by atoms with Crippen LogP contribution in [0.4, 0.5) is 5.95 Å². The molecule has 1 fully saturated rings. The summed E-state index contributed by atoms with van der Waals surface area (Å²) in [5, 5.41) is 9.10. The molecule has 1 aliphatic rings. The Balaban J connectivity index is 1.99. The fourth-order valence-corrected chi connectivity index (χ4v) is 2.22. The van der Waals surface area contributed by atoms with Gasteiger partial charge in [-0.15, -0.1) is 0 Å².